The predicted molar refractivity (Wildman–Crippen MR) is 147 cm³/mol. The number of benzene rings is 1. The van der Waals surface area contributed by atoms with E-state index in [1.54, 1.807) is 42.5 Å². The van der Waals surface area contributed by atoms with Crippen molar-refractivity contribution in [3.63, 3.8) is 0 Å². The van der Waals surface area contributed by atoms with Crippen LogP contribution >= 0.6 is 27.3 Å². The number of aryl methyl sites for hydroxylation is 1. The molecule has 1 aliphatic carbocycles. The van der Waals surface area contributed by atoms with Crippen LogP contribution in [0, 0.1) is 11.3 Å². The monoisotopic (exact) mass is 589 g/mol. The zero-order valence-electron chi connectivity index (χ0n) is 19.9. The minimum atomic E-state index is -0.777. The summed E-state index contributed by atoms with van der Waals surface area (Å²) in [6.45, 7) is 0. The largest absolute Gasteiger partial charge is 0.438 e. The number of primary amides is 1. The molecule has 3 aromatic heterocycles. The third kappa shape index (κ3) is 4.96. The van der Waals surface area contributed by atoms with Gasteiger partial charge >= 0.3 is 0 Å². The number of thiophene rings is 1. The van der Waals surface area contributed by atoms with Gasteiger partial charge in [0, 0.05) is 15.5 Å². The molecule has 3 heterocycles. The molecule has 0 saturated carbocycles. The van der Waals surface area contributed by atoms with Crippen molar-refractivity contribution in [2.24, 2.45) is 5.73 Å². The molecule has 0 aliphatic heterocycles. The molecule has 0 radical (unpaired) electrons. The number of ether oxygens (including phenoxy) is 1. The van der Waals surface area contributed by atoms with E-state index in [1.165, 1.54) is 21.9 Å². The van der Waals surface area contributed by atoms with E-state index in [9.17, 15) is 19.6 Å². The van der Waals surface area contributed by atoms with Crippen LogP contribution in [0.3, 0.4) is 0 Å². The van der Waals surface area contributed by atoms with Gasteiger partial charge in [0.15, 0.2) is 0 Å². The summed E-state index contributed by atoms with van der Waals surface area (Å²) in [6, 6.07) is 13.8. The lowest BCUT2D eigenvalue weighted by Crippen LogP contribution is -2.21. The molecule has 3 N–H and O–H groups in total. The number of nitrogens with two attached hydrogens (primary N) is 1. The molecule has 0 atom stereocenters. The fourth-order valence-electron chi connectivity index (χ4n) is 4.28. The Labute approximate surface area is 229 Å². The average molecular weight is 590 g/mol. The summed E-state index contributed by atoms with van der Waals surface area (Å²) < 4.78 is 8.05. The summed E-state index contributed by atoms with van der Waals surface area (Å²) in [7, 11) is 0. The standard InChI is InChI=1S/C27H20BrN5O4S/c28-16-8-10-17(11-9-16)37-25-19(27(36)33-12-4-3-7-21(33)31-25)13-15(14-29)24(35)32-26-22(23(30)34)18-5-1-2-6-20(18)38-26/h3-4,7-13H,1-2,5-6H2,(H2,30,34)(H,32,35). The van der Waals surface area contributed by atoms with Crippen molar-refractivity contribution in [1.82, 2.24) is 9.38 Å². The molecule has 2 amide bonds. The van der Waals surface area contributed by atoms with Gasteiger partial charge in [-0.15, -0.1) is 11.3 Å². The van der Waals surface area contributed by atoms with Gasteiger partial charge in [0.1, 0.15) is 33.6 Å². The number of nitriles is 1. The van der Waals surface area contributed by atoms with Gasteiger partial charge in [-0.05, 0) is 73.7 Å². The molecule has 4 aromatic rings. The van der Waals surface area contributed by atoms with Crippen molar-refractivity contribution < 1.29 is 14.3 Å². The van der Waals surface area contributed by atoms with E-state index in [4.69, 9.17) is 10.5 Å². The Morgan fingerprint density at radius 3 is 2.68 bits per heavy atom. The molecule has 9 nitrogen and oxygen atoms in total. The Morgan fingerprint density at radius 1 is 1.18 bits per heavy atom. The van der Waals surface area contributed by atoms with Gasteiger partial charge in [0.05, 0.1) is 5.56 Å². The molecule has 0 saturated heterocycles. The average Bonchev–Trinajstić information content (AvgIpc) is 3.28. The zero-order valence-corrected chi connectivity index (χ0v) is 22.3. The van der Waals surface area contributed by atoms with Crippen molar-refractivity contribution in [1.29, 1.82) is 5.26 Å². The summed E-state index contributed by atoms with van der Waals surface area (Å²) in [5.41, 5.74) is 6.14. The second-order valence-electron chi connectivity index (χ2n) is 8.52. The van der Waals surface area contributed by atoms with Gasteiger partial charge in [-0.1, -0.05) is 22.0 Å². The first-order valence-electron chi connectivity index (χ1n) is 11.7. The summed E-state index contributed by atoms with van der Waals surface area (Å²) in [5.74, 6) is -1.06. The van der Waals surface area contributed by atoms with E-state index in [0.29, 0.717) is 22.8 Å². The lowest BCUT2D eigenvalue weighted by Gasteiger charge is -2.11. The van der Waals surface area contributed by atoms with E-state index in [0.717, 1.165) is 40.3 Å². The van der Waals surface area contributed by atoms with Crippen LogP contribution in [0.5, 0.6) is 11.6 Å². The highest BCUT2D eigenvalue weighted by Crippen LogP contribution is 2.38. The SMILES string of the molecule is N#CC(=Cc1c(Oc2ccc(Br)cc2)nc2ccccn2c1=O)C(=O)Nc1sc2c(c1C(N)=O)CCCC2. The highest BCUT2D eigenvalue weighted by atomic mass is 79.9. The summed E-state index contributed by atoms with van der Waals surface area (Å²) >= 11 is 4.65. The molecule has 0 spiro atoms. The van der Waals surface area contributed by atoms with Crippen LogP contribution in [0.25, 0.3) is 11.7 Å². The number of halogens is 1. The Balaban J connectivity index is 1.56. The number of pyridine rings is 1. The van der Waals surface area contributed by atoms with Crippen molar-refractivity contribution >= 4 is 55.8 Å². The maximum absolute atomic E-state index is 13.4. The maximum atomic E-state index is 13.4. The Bertz CT molecular complexity index is 1720. The van der Waals surface area contributed by atoms with E-state index < -0.39 is 17.4 Å². The molecule has 190 valence electrons. The Kier molecular flexibility index (Phi) is 7.09. The molecule has 0 fully saturated rings. The zero-order chi connectivity index (χ0) is 26.8. The highest BCUT2D eigenvalue weighted by molar-refractivity contribution is 9.10. The lowest BCUT2D eigenvalue weighted by molar-refractivity contribution is -0.112. The van der Waals surface area contributed by atoms with E-state index in [-0.39, 0.29) is 22.6 Å². The molecule has 0 bridgehead atoms. The number of nitrogens with one attached hydrogen (secondary N) is 1. The Hall–Kier alpha value is -4.27. The van der Waals surface area contributed by atoms with Crippen LogP contribution < -0.4 is 21.3 Å². The minimum absolute atomic E-state index is 0.0616. The van der Waals surface area contributed by atoms with Crippen LogP contribution in [-0.2, 0) is 17.6 Å². The third-order valence-electron chi connectivity index (χ3n) is 6.06. The number of nitrogens with zero attached hydrogens (tertiary/aromatic N) is 3. The van der Waals surface area contributed by atoms with E-state index in [1.807, 2.05) is 6.07 Å². The van der Waals surface area contributed by atoms with Crippen molar-refractivity contribution in [2.75, 3.05) is 5.32 Å². The van der Waals surface area contributed by atoms with Crippen LogP contribution in [-0.4, -0.2) is 21.2 Å². The van der Waals surface area contributed by atoms with Crippen LogP contribution in [0.2, 0.25) is 0 Å². The first kappa shape index (κ1) is 25.4. The minimum Gasteiger partial charge on any atom is -0.438 e. The Morgan fingerprint density at radius 2 is 1.95 bits per heavy atom. The third-order valence-corrected chi connectivity index (χ3v) is 7.80. The summed E-state index contributed by atoms with van der Waals surface area (Å²) in [4.78, 5) is 44.2. The molecule has 0 unspecified atom stereocenters. The molecule has 1 aliphatic rings. The number of amides is 2. The van der Waals surface area contributed by atoms with Crippen molar-refractivity contribution in [3.05, 3.63) is 90.6 Å². The van der Waals surface area contributed by atoms with Gasteiger partial charge in [0.2, 0.25) is 5.88 Å². The topological polar surface area (TPSA) is 140 Å². The van der Waals surface area contributed by atoms with Gasteiger partial charge in [-0.25, -0.2) is 0 Å². The number of aromatic nitrogens is 2. The van der Waals surface area contributed by atoms with Crippen molar-refractivity contribution in [3.8, 4) is 17.7 Å². The summed E-state index contributed by atoms with van der Waals surface area (Å²) in [6.07, 6.45) is 6.11. The fourth-order valence-corrected chi connectivity index (χ4v) is 5.83. The fraction of sp³-hybridized carbons (Fsp3) is 0.148. The van der Waals surface area contributed by atoms with Gasteiger partial charge < -0.3 is 15.8 Å². The van der Waals surface area contributed by atoms with Crippen LogP contribution in [0.15, 0.2) is 63.5 Å². The normalized spacial score (nSPS) is 13.0. The number of carbonyl (C=O) groups excluding carboxylic acids is 2. The number of hydrogen-bond donors (Lipinski definition) is 2. The first-order chi connectivity index (χ1) is 18.4. The van der Waals surface area contributed by atoms with E-state index in [2.05, 4.69) is 26.2 Å². The molecule has 5 rings (SSSR count). The van der Waals surface area contributed by atoms with Crippen LogP contribution in [0.1, 0.15) is 39.2 Å². The molecular formula is C27H20BrN5O4S. The molecule has 38 heavy (non-hydrogen) atoms. The quantitative estimate of drug-likeness (QED) is 0.244. The van der Waals surface area contributed by atoms with Crippen LogP contribution in [0.4, 0.5) is 5.00 Å². The molecular weight excluding hydrogens is 570 g/mol. The number of rotatable bonds is 6. The van der Waals surface area contributed by atoms with Crippen molar-refractivity contribution in [2.45, 2.75) is 25.7 Å². The van der Waals surface area contributed by atoms with E-state index >= 15 is 0 Å². The highest BCUT2D eigenvalue weighted by Gasteiger charge is 2.26. The molecule has 1 aromatic carbocycles. The molecule has 11 heteroatoms. The van der Waals surface area contributed by atoms with Gasteiger partial charge in [0.25, 0.3) is 17.4 Å². The summed E-state index contributed by atoms with van der Waals surface area (Å²) in [5, 5.41) is 12.8. The number of hydrogen-bond acceptors (Lipinski definition) is 7. The second kappa shape index (κ2) is 10.6. The maximum Gasteiger partial charge on any atom is 0.269 e. The number of fused-ring (bicyclic) bond motifs is 2. The number of anilines is 1. The number of carbonyl (C=O) groups is 2. The van der Waals surface area contributed by atoms with Gasteiger partial charge in [-0.3, -0.25) is 18.8 Å². The predicted octanol–water partition coefficient (Wildman–Crippen LogP) is 4.83. The second-order valence-corrected chi connectivity index (χ2v) is 10.5. The lowest BCUT2D eigenvalue weighted by atomic mass is 9.95. The first-order valence-corrected chi connectivity index (χ1v) is 13.3. The van der Waals surface area contributed by atoms with Gasteiger partial charge in [-0.2, -0.15) is 10.2 Å². The smallest absolute Gasteiger partial charge is 0.269 e.